The summed E-state index contributed by atoms with van der Waals surface area (Å²) in [7, 11) is 3.17. The number of fused-ring (bicyclic) bond motifs is 2. The first-order valence-electron chi connectivity index (χ1n) is 9.10. The van der Waals surface area contributed by atoms with Crippen LogP contribution < -0.4 is 10.5 Å². The maximum Gasteiger partial charge on any atom is 0.261 e. The maximum atomic E-state index is 13.9. The minimum absolute atomic E-state index is 0.141. The smallest absolute Gasteiger partial charge is 0.261 e. The van der Waals surface area contributed by atoms with E-state index < -0.39 is 17.0 Å². The molecule has 6 nitrogen and oxygen atoms in total. The van der Waals surface area contributed by atoms with E-state index >= 15 is 0 Å². The fourth-order valence-corrected chi connectivity index (χ4v) is 4.38. The van der Waals surface area contributed by atoms with E-state index in [0.717, 1.165) is 0 Å². The molecule has 2 aromatic carbocycles. The van der Waals surface area contributed by atoms with Gasteiger partial charge in [0.1, 0.15) is 17.2 Å². The van der Waals surface area contributed by atoms with Crippen LogP contribution in [0.1, 0.15) is 18.9 Å². The van der Waals surface area contributed by atoms with Crippen molar-refractivity contribution < 1.29 is 18.7 Å². The quantitative estimate of drug-likeness (QED) is 0.831. The van der Waals surface area contributed by atoms with Crippen molar-refractivity contribution in [2.75, 3.05) is 20.8 Å². The molecular formula is C21H21ClFN3O3. The lowest BCUT2D eigenvalue weighted by atomic mass is 9.76. The van der Waals surface area contributed by atoms with Crippen molar-refractivity contribution in [2.45, 2.75) is 24.5 Å². The Bertz CT molecular complexity index is 1020. The number of aliphatic imine (C=N–C) groups is 1. The van der Waals surface area contributed by atoms with Gasteiger partial charge in [-0.3, -0.25) is 9.69 Å². The highest BCUT2D eigenvalue weighted by Gasteiger charge is 2.56. The largest absolute Gasteiger partial charge is 0.485 e. The molecule has 0 bridgehead atoms. The van der Waals surface area contributed by atoms with E-state index in [0.29, 0.717) is 22.4 Å². The monoisotopic (exact) mass is 417 g/mol. The topological polar surface area (TPSA) is 77.2 Å². The third kappa shape index (κ3) is 3.14. The summed E-state index contributed by atoms with van der Waals surface area (Å²) in [5.41, 5.74) is 5.87. The predicted octanol–water partition coefficient (Wildman–Crippen LogP) is 3.32. The number of hydrogen-bond donors (Lipinski definition) is 1. The number of carbonyl (C=O) groups is 1. The summed E-state index contributed by atoms with van der Waals surface area (Å²) >= 11 is 6.02. The van der Waals surface area contributed by atoms with Crippen LogP contribution in [-0.4, -0.2) is 43.1 Å². The number of nitrogens with zero attached hydrogens (tertiary/aromatic N) is 2. The Morgan fingerprint density at radius 2 is 2.07 bits per heavy atom. The molecule has 29 heavy (non-hydrogen) atoms. The second-order valence-corrected chi connectivity index (χ2v) is 8.16. The van der Waals surface area contributed by atoms with Crippen LogP contribution in [0.4, 0.5) is 4.39 Å². The number of amides is 1. The van der Waals surface area contributed by atoms with Gasteiger partial charge in [0.15, 0.2) is 11.5 Å². The highest BCUT2D eigenvalue weighted by molar-refractivity contribution is 6.30. The summed E-state index contributed by atoms with van der Waals surface area (Å²) in [5, 5.41) is 0.287. The molecule has 0 aliphatic carbocycles. The molecule has 0 saturated carbocycles. The van der Waals surface area contributed by atoms with Crippen molar-refractivity contribution >= 4 is 23.5 Å². The van der Waals surface area contributed by atoms with E-state index in [1.807, 2.05) is 6.92 Å². The zero-order valence-corrected chi connectivity index (χ0v) is 17.1. The summed E-state index contributed by atoms with van der Waals surface area (Å²) < 4.78 is 25.4. The van der Waals surface area contributed by atoms with Crippen LogP contribution in [0.15, 0.2) is 41.4 Å². The Balaban J connectivity index is 1.91. The number of halogens is 2. The molecule has 0 radical (unpaired) electrons. The molecule has 152 valence electrons. The summed E-state index contributed by atoms with van der Waals surface area (Å²) in [6.45, 7) is 2.15. The van der Waals surface area contributed by atoms with Gasteiger partial charge in [-0.2, -0.15) is 0 Å². The highest BCUT2D eigenvalue weighted by atomic mass is 35.5. The van der Waals surface area contributed by atoms with Crippen LogP contribution in [-0.2, 0) is 15.1 Å². The van der Waals surface area contributed by atoms with E-state index in [2.05, 4.69) is 4.99 Å². The van der Waals surface area contributed by atoms with Gasteiger partial charge in [-0.25, -0.2) is 9.38 Å². The Kier molecular flexibility index (Phi) is 4.55. The zero-order valence-electron chi connectivity index (χ0n) is 16.3. The van der Waals surface area contributed by atoms with E-state index in [1.54, 1.807) is 38.4 Å². The number of nitrogens with two attached hydrogens (primary N) is 1. The third-order valence-electron chi connectivity index (χ3n) is 5.36. The highest BCUT2D eigenvalue weighted by Crippen LogP contribution is 2.50. The van der Waals surface area contributed by atoms with Gasteiger partial charge in [-0.15, -0.1) is 0 Å². The molecule has 2 atom stereocenters. The van der Waals surface area contributed by atoms with Gasteiger partial charge in [0.2, 0.25) is 0 Å². The normalized spacial score (nSPS) is 25.8. The van der Waals surface area contributed by atoms with E-state index in [-0.39, 0.29) is 29.9 Å². The third-order valence-corrected chi connectivity index (χ3v) is 5.58. The molecule has 1 unspecified atom stereocenters. The van der Waals surface area contributed by atoms with Crippen molar-refractivity contribution in [1.29, 1.82) is 0 Å². The SMILES string of the molecule is COC[C@]1(C)CC2(N=C(N)N(C)C2=O)c2cc(-c3cc(F)cc(Cl)c3)ccc2O1. The van der Waals surface area contributed by atoms with Crippen LogP contribution in [0.2, 0.25) is 5.02 Å². The molecule has 1 amide bonds. The lowest BCUT2D eigenvalue weighted by molar-refractivity contribution is -0.135. The van der Waals surface area contributed by atoms with Crippen molar-refractivity contribution in [3.8, 4) is 16.9 Å². The predicted molar refractivity (Wildman–Crippen MR) is 108 cm³/mol. The number of ether oxygens (including phenoxy) is 2. The van der Waals surface area contributed by atoms with Gasteiger partial charge in [0.05, 0.1) is 6.61 Å². The van der Waals surface area contributed by atoms with E-state index in [1.165, 1.54) is 17.0 Å². The summed E-state index contributed by atoms with van der Waals surface area (Å²) in [6.07, 6.45) is 0.262. The van der Waals surface area contributed by atoms with Crippen LogP contribution in [0.25, 0.3) is 11.1 Å². The number of methoxy groups -OCH3 is 1. The minimum atomic E-state index is -1.23. The Morgan fingerprint density at radius 3 is 2.69 bits per heavy atom. The minimum Gasteiger partial charge on any atom is -0.485 e. The number of hydrogen-bond acceptors (Lipinski definition) is 5. The fourth-order valence-electron chi connectivity index (χ4n) is 4.16. The summed E-state index contributed by atoms with van der Waals surface area (Å²) in [5.74, 6) is -0.0248. The molecule has 1 spiro atoms. The molecule has 2 aromatic rings. The lowest BCUT2D eigenvalue weighted by Crippen LogP contribution is -2.52. The van der Waals surface area contributed by atoms with Crippen LogP contribution in [0.5, 0.6) is 5.75 Å². The van der Waals surface area contributed by atoms with Crippen LogP contribution >= 0.6 is 11.6 Å². The van der Waals surface area contributed by atoms with Crippen molar-refractivity contribution in [3.63, 3.8) is 0 Å². The molecular weight excluding hydrogens is 397 g/mol. The molecule has 2 heterocycles. The standard InChI is InChI=1S/C21H21ClFN3O3/c1-20(11-28-3)10-21(18(27)26(2)19(24)25-21)16-8-12(4-5-17(16)29-20)13-6-14(22)9-15(23)7-13/h4-9H,10-11H2,1-3H3,(H2,24,25)/t20-,21?/m0/s1. The second-order valence-electron chi connectivity index (χ2n) is 7.73. The maximum absolute atomic E-state index is 13.9. The van der Waals surface area contributed by atoms with Gasteiger partial charge in [0.25, 0.3) is 5.91 Å². The fraction of sp³-hybridized carbons (Fsp3) is 0.333. The number of carbonyl (C=O) groups excluding carboxylic acids is 1. The average Bonchev–Trinajstić information content (AvgIpc) is 2.85. The van der Waals surface area contributed by atoms with Gasteiger partial charge in [-0.05, 0) is 48.4 Å². The van der Waals surface area contributed by atoms with Gasteiger partial charge in [-0.1, -0.05) is 17.7 Å². The first-order valence-corrected chi connectivity index (χ1v) is 9.48. The van der Waals surface area contributed by atoms with Crippen LogP contribution in [0, 0.1) is 5.82 Å². The molecule has 2 N–H and O–H groups in total. The van der Waals surface area contributed by atoms with E-state index in [4.69, 9.17) is 26.8 Å². The molecule has 2 aliphatic heterocycles. The zero-order chi connectivity index (χ0) is 21.0. The first-order chi connectivity index (χ1) is 13.7. The van der Waals surface area contributed by atoms with Gasteiger partial charge < -0.3 is 15.2 Å². The molecule has 8 heteroatoms. The van der Waals surface area contributed by atoms with Crippen molar-refractivity contribution in [3.05, 3.63) is 52.8 Å². The first kappa shape index (κ1) is 19.7. The summed E-state index contributed by atoms with van der Waals surface area (Å²) in [4.78, 5) is 19.2. The molecule has 0 fully saturated rings. The van der Waals surface area contributed by atoms with Crippen molar-refractivity contribution in [1.82, 2.24) is 4.90 Å². The lowest BCUT2D eigenvalue weighted by Gasteiger charge is -2.42. The number of rotatable bonds is 3. The summed E-state index contributed by atoms with van der Waals surface area (Å²) in [6, 6.07) is 9.64. The number of benzene rings is 2. The molecule has 0 aromatic heterocycles. The van der Waals surface area contributed by atoms with E-state index in [9.17, 15) is 9.18 Å². The Labute approximate surface area is 173 Å². The molecule has 2 aliphatic rings. The molecule has 4 rings (SSSR count). The molecule has 0 saturated heterocycles. The van der Waals surface area contributed by atoms with Gasteiger partial charge >= 0.3 is 0 Å². The number of likely N-dealkylation sites (N-methyl/N-ethyl adjacent to an activating group) is 1. The second kappa shape index (κ2) is 6.71. The average molecular weight is 418 g/mol. The Morgan fingerprint density at radius 1 is 1.31 bits per heavy atom. The Hall–Kier alpha value is -2.64. The van der Waals surface area contributed by atoms with Crippen molar-refractivity contribution in [2.24, 2.45) is 10.7 Å². The van der Waals surface area contributed by atoms with Crippen LogP contribution in [0.3, 0.4) is 0 Å². The number of guanidine groups is 1. The van der Waals surface area contributed by atoms with Gasteiger partial charge in [0, 0.05) is 31.2 Å².